The van der Waals surface area contributed by atoms with Gasteiger partial charge in [-0.1, -0.05) is 73.7 Å². The van der Waals surface area contributed by atoms with E-state index in [1.54, 1.807) is 6.07 Å². The molecule has 1 aliphatic heterocycles. The summed E-state index contributed by atoms with van der Waals surface area (Å²) in [5.74, 6) is -3.20. The van der Waals surface area contributed by atoms with Gasteiger partial charge in [0.25, 0.3) is 0 Å². The Labute approximate surface area is 213 Å². The van der Waals surface area contributed by atoms with Crippen molar-refractivity contribution in [2.45, 2.75) is 23.1 Å². The van der Waals surface area contributed by atoms with E-state index in [1.807, 2.05) is 73.7 Å². The Morgan fingerprint density at radius 2 is 1.23 bits per heavy atom. The Hall–Kier alpha value is -3.15. The first-order valence-electron chi connectivity index (χ1n) is 11.6. The lowest BCUT2D eigenvalue weighted by atomic mass is 9.54. The number of hydrogen-bond acceptors (Lipinski definition) is 3. The molecule has 176 valence electrons. The van der Waals surface area contributed by atoms with Crippen LogP contribution in [0.1, 0.15) is 34.7 Å². The van der Waals surface area contributed by atoms with E-state index in [1.165, 1.54) is 0 Å². The highest BCUT2D eigenvalue weighted by Crippen LogP contribution is 2.69. The van der Waals surface area contributed by atoms with Crippen molar-refractivity contribution < 1.29 is 14.4 Å². The lowest BCUT2D eigenvalue weighted by Crippen LogP contribution is -2.57. The van der Waals surface area contributed by atoms with E-state index in [0.29, 0.717) is 5.69 Å². The third-order valence-corrected chi connectivity index (χ3v) is 8.94. The number of hydrogen-bond donors (Lipinski definition) is 1. The van der Waals surface area contributed by atoms with Crippen molar-refractivity contribution in [3.63, 3.8) is 0 Å². The lowest BCUT2D eigenvalue weighted by molar-refractivity contribution is -0.142. The van der Waals surface area contributed by atoms with Gasteiger partial charge in [-0.2, -0.15) is 0 Å². The molecule has 1 heterocycles. The van der Waals surface area contributed by atoms with Crippen molar-refractivity contribution in [3.05, 3.63) is 101 Å². The van der Waals surface area contributed by atoms with Crippen LogP contribution in [0, 0.1) is 11.8 Å². The second kappa shape index (κ2) is 7.67. The zero-order chi connectivity index (χ0) is 24.5. The third kappa shape index (κ3) is 2.79. The molecule has 1 N–H and O–H groups in total. The number of likely N-dealkylation sites (tertiary alicyclic amines) is 1. The number of benzene rings is 3. The number of nitrogens with zero attached hydrogens (tertiary/aromatic N) is 1. The predicted octanol–water partition coefficient (Wildman–Crippen LogP) is 4.78. The van der Waals surface area contributed by atoms with Crippen LogP contribution in [-0.4, -0.2) is 29.2 Å². The first-order valence-corrected chi connectivity index (χ1v) is 12.4. The molecule has 3 aliphatic carbocycles. The minimum Gasteiger partial charge on any atom is -0.324 e. The Bertz CT molecular complexity index is 1300. The second-order valence-corrected chi connectivity index (χ2v) is 10.5. The predicted molar refractivity (Wildman–Crippen MR) is 134 cm³/mol. The van der Waals surface area contributed by atoms with E-state index in [2.05, 4.69) is 5.32 Å². The summed E-state index contributed by atoms with van der Waals surface area (Å²) >= 11 is 14.8. The molecule has 3 amide bonds. The van der Waals surface area contributed by atoms with Crippen LogP contribution in [0.15, 0.2) is 72.8 Å². The smallest absolute Gasteiger partial charge is 0.244 e. The first kappa shape index (κ1) is 22.3. The number of imide groups is 1. The van der Waals surface area contributed by atoms with Crippen LogP contribution in [0.4, 0.5) is 5.69 Å². The van der Waals surface area contributed by atoms with Gasteiger partial charge in [0, 0.05) is 5.69 Å². The van der Waals surface area contributed by atoms with Crippen molar-refractivity contribution in [1.82, 2.24) is 4.90 Å². The second-order valence-electron chi connectivity index (χ2n) is 9.29. The molecule has 7 heteroatoms. The van der Waals surface area contributed by atoms with Crippen LogP contribution in [0.25, 0.3) is 0 Å². The summed E-state index contributed by atoms with van der Waals surface area (Å²) in [7, 11) is 0. The fourth-order valence-corrected chi connectivity index (χ4v) is 7.26. The summed E-state index contributed by atoms with van der Waals surface area (Å²) in [5, 5.41) is 2.85. The molecule has 0 aromatic heterocycles. The molecule has 2 bridgehead atoms. The fraction of sp³-hybridized carbons (Fsp3) is 0.250. The highest BCUT2D eigenvalue weighted by atomic mass is 35.5. The van der Waals surface area contributed by atoms with E-state index in [4.69, 9.17) is 23.2 Å². The number of aryl methyl sites for hydroxylation is 1. The van der Waals surface area contributed by atoms with Crippen LogP contribution in [0.3, 0.4) is 0 Å². The molecule has 3 aromatic carbocycles. The molecule has 4 aliphatic rings. The van der Waals surface area contributed by atoms with Crippen molar-refractivity contribution >= 4 is 46.6 Å². The molecular weight excluding hydrogens is 483 g/mol. The summed E-state index contributed by atoms with van der Waals surface area (Å²) in [6.07, 6.45) is 0.738. The standard InChI is InChI=1S/C28H22Cl2N2O3/c1-2-16-9-3-8-14-21(16)31-22(33)15-32-25(34)23-24(26(32)35)28(30)18-11-5-4-10-17(18)27(23,29)19-12-6-7-13-20(19)28/h3-14,23-24H,2,15H2,1H3,(H,31,33)/t23-,24-,27?,28?/m0/s1. The molecule has 35 heavy (non-hydrogen) atoms. The van der Waals surface area contributed by atoms with Crippen molar-refractivity contribution in [1.29, 1.82) is 0 Å². The zero-order valence-corrected chi connectivity index (χ0v) is 20.4. The van der Waals surface area contributed by atoms with Gasteiger partial charge in [-0.3, -0.25) is 19.3 Å². The zero-order valence-electron chi connectivity index (χ0n) is 18.9. The Morgan fingerprint density at radius 1 is 0.800 bits per heavy atom. The molecule has 0 radical (unpaired) electrons. The highest BCUT2D eigenvalue weighted by molar-refractivity contribution is 6.36. The molecule has 3 aromatic rings. The van der Waals surface area contributed by atoms with E-state index in [9.17, 15) is 14.4 Å². The maximum Gasteiger partial charge on any atom is 0.244 e. The Balaban J connectivity index is 1.41. The number of carbonyl (C=O) groups excluding carboxylic acids is 3. The summed E-state index contributed by atoms with van der Waals surface area (Å²) in [6.45, 7) is 1.60. The SMILES string of the molecule is CCc1ccccc1NC(=O)CN1C(=O)[C@@H]2[C@@H](C1=O)C1(Cl)c3ccccc3C2(Cl)c2ccccc21. The maximum atomic E-state index is 13.8. The summed E-state index contributed by atoms with van der Waals surface area (Å²) in [5.41, 5.74) is 4.58. The topological polar surface area (TPSA) is 66.5 Å². The molecule has 0 saturated carbocycles. The quantitative estimate of drug-likeness (QED) is 0.410. The minimum absolute atomic E-state index is 0.394. The fourth-order valence-electron chi connectivity index (χ4n) is 6.16. The highest BCUT2D eigenvalue weighted by Gasteiger charge is 2.73. The molecule has 7 rings (SSSR count). The number of amides is 3. The van der Waals surface area contributed by atoms with Gasteiger partial charge in [-0.25, -0.2) is 0 Å². The van der Waals surface area contributed by atoms with E-state index in [-0.39, 0.29) is 0 Å². The van der Waals surface area contributed by atoms with Gasteiger partial charge in [0.2, 0.25) is 17.7 Å². The lowest BCUT2D eigenvalue weighted by Gasteiger charge is -2.54. The molecular formula is C28H22Cl2N2O3. The number of nitrogens with one attached hydrogen (secondary N) is 1. The van der Waals surface area contributed by atoms with Crippen LogP contribution in [-0.2, 0) is 30.6 Å². The van der Waals surface area contributed by atoms with Crippen molar-refractivity contribution in [3.8, 4) is 0 Å². The van der Waals surface area contributed by atoms with Gasteiger partial charge in [0.1, 0.15) is 16.3 Å². The number of alkyl halides is 2. The van der Waals surface area contributed by atoms with Crippen LogP contribution < -0.4 is 5.32 Å². The molecule has 1 fully saturated rings. The van der Waals surface area contributed by atoms with Crippen molar-refractivity contribution in [2.24, 2.45) is 11.8 Å². The average molecular weight is 505 g/mol. The number of halogens is 2. The summed E-state index contributed by atoms with van der Waals surface area (Å²) in [4.78, 5) is 39.1. The first-order chi connectivity index (χ1) is 16.8. The van der Waals surface area contributed by atoms with E-state index < -0.39 is 45.9 Å². The van der Waals surface area contributed by atoms with Crippen LogP contribution in [0.2, 0.25) is 0 Å². The number of anilines is 1. The molecule has 5 nitrogen and oxygen atoms in total. The van der Waals surface area contributed by atoms with Gasteiger partial charge >= 0.3 is 0 Å². The number of rotatable bonds is 4. The monoisotopic (exact) mass is 504 g/mol. The molecule has 0 unspecified atom stereocenters. The van der Waals surface area contributed by atoms with Gasteiger partial charge < -0.3 is 5.32 Å². The summed E-state index contributed by atoms with van der Waals surface area (Å²) in [6, 6.07) is 22.4. The number of para-hydroxylation sites is 1. The van der Waals surface area contributed by atoms with E-state index >= 15 is 0 Å². The minimum atomic E-state index is -1.25. The normalized spacial score (nSPS) is 27.9. The third-order valence-electron chi connectivity index (χ3n) is 7.65. The van der Waals surface area contributed by atoms with Crippen molar-refractivity contribution in [2.75, 3.05) is 11.9 Å². The van der Waals surface area contributed by atoms with Gasteiger partial charge in [-0.05, 0) is 40.3 Å². The average Bonchev–Trinajstić information content (AvgIpc) is 3.13. The maximum absolute atomic E-state index is 13.8. The molecule has 1 saturated heterocycles. The van der Waals surface area contributed by atoms with Gasteiger partial charge in [0.05, 0.1) is 11.8 Å². The van der Waals surface area contributed by atoms with E-state index in [0.717, 1.165) is 39.1 Å². The van der Waals surface area contributed by atoms with Crippen LogP contribution in [0.5, 0.6) is 0 Å². The number of carbonyl (C=O) groups is 3. The largest absolute Gasteiger partial charge is 0.324 e. The van der Waals surface area contributed by atoms with Crippen LogP contribution >= 0.6 is 23.2 Å². The van der Waals surface area contributed by atoms with Gasteiger partial charge in [-0.15, -0.1) is 23.2 Å². The Morgan fingerprint density at radius 3 is 1.69 bits per heavy atom. The Kier molecular flexibility index (Phi) is 4.89. The molecule has 0 spiro atoms. The van der Waals surface area contributed by atoms with Gasteiger partial charge in [0.15, 0.2) is 0 Å². The summed E-state index contributed by atoms with van der Waals surface area (Å²) < 4.78 is 0. The molecule has 2 atom stereocenters.